The predicted octanol–water partition coefficient (Wildman–Crippen LogP) is 1.61. The van der Waals surface area contributed by atoms with E-state index in [1.165, 1.54) is 6.08 Å². The van der Waals surface area contributed by atoms with Crippen molar-refractivity contribution in [3.63, 3.8) is 0 Å². The summed E-state index contributed by atoms with van der Waals surface area (Å²) in [5.41, 5.74) is 0.326. The van der Waals surface area contributed by atoms with E-state index in [-0.39, 0.29) is 5.57 Å². The monoisotopic (exact) mass is 208 g/mol. The van der Waals surface area contributed by atoms with Gasteiger partial charge in [-0.15, -0.1) is 12.6 Å². The first-order valence-electron chi connectivity index (χ1n) is 3.84. The topological polar surface area (TPSA) is 54.4 Å². The first kappa shape index (κ1) is 10.5. The van der Waals surface area contributed by atoms with Crippen LogP contribution < -0.4 is 0 Å². The fourth-order valence-corrected chi connectivity index (χ4v) is 1.09. The fraction of sp³-hybridized carbons (Fsp3) is 0. The van der Waals surface area contributed by atoms with Gasteiger partial charge in [-0.25, -0.2) is 4.79 Å². The van der Waals surface area contributed by atoms with Gasteiger partial charge in [0.05, 0.1) is 0 Å². The molecule has 0 radical (unpaired) electrons. The summed E-state index contributed by atoms with van der Waals surface area (Å²) in [4.78, 5) is 21.4. The molecular formula is C10H8O3S. The van der Waals surface area contributed by atoms with Crippen molar-refractivity contribution >= 4 is 29.8 Å². The summed E-state index contributed by atoms with van der Waals surface area (Å²) < 4.78 is 0. The van der Waals surface area contributed by atoms with E-state index < -0.39 is 11.1 Å². The molecule has 3 nitrogen and oxygen atoms in total. The SMILES string of the molecule is O=C(O)/C(=C\c1ccccc1)C(=O)S. The van der Waals surface area contributed by atoms with E-state index in [2.05, 4.69) is 12.6 Å². The molecule has 0 saturated heterocycles. The van der Waals surface area contributed by atoms with Gasteiger partial charge in [0, 0.05) is 0 Å². The van der Waals surface area contributed by atoms with Crippen molar-refractivity contribution in [2.24, 2.45) is 0 Å². The highest BCUT2D eigenvalue weighted by Gasteiger charge is 2.12. The zero-order valence-electron chi connectivity index (χ0n) is 7.18. The van der Waals surface area contributed by atoms with Crippen LogP contribution in [0.3, 0.4) is 0 Å². The Labute approximate surface area is 86.5 Å². The Hall–Kier alpha value is -1.55. The van der Waals surface area contributed by atoms with Gasteiger partial charge in [0.15, 0.2) is 0 Å². The van der Waals surface area contributed by atoms with Crippen molar-refractivity contribution in [1.82, 2.24) is 0 Å². The van der Waals surface area contributed by atoms with Gasteiger partial charge in [0.2, 0.25) is 5.12 Å². The normalized spacial score (nSPS) is 11.1. The van der Waals surface area contributed by atoms with Gasteiger partial charge in [-0.1, -0.05) is 30.3 Å². The molecule has 0 atom stereocenters. The van der Waals surface area contributed by atoms with E-state index in [0.717, 1.165) is 0 Å². The van der Waals surface area contributed by atoms with Crippen molar-refractivity contribution < 1.29 is 14.7 Å². The standard InChI is InChI=1S/C10H8O3S/c11-9(12)8(10(13)14)6-7-4-2-1-3-5-7/h1-6H,(H,11,12)(H,13,14)/b8-6+. The van der Waals surface area contributed by atoms with Crippen molar-refractivity contribution in [2.75, 3.05) is 0 Å². The van der Waals surface area contributed by atoms with Crippen molar-refractivity contribution in [3.8, 4) is 0 Å². The van der Waals surface area contributed by atoms with Crippen molar-refractivity contribution in [2.45, 2.75) is 0 Å². The van der Waals surface area contributed by atoms with Crippen LogP contribution in [0, 0.1) is 0 Å². The molecule has 14 heavy (non-hydrogen) atoms. The quantitative estimate of drug-likeness (QED) is 0.343. The largest absolute Gasteiger partial charge is 0.478 e. The van der Waals surface area contributed by atoms with Gasteiger partial charge >= 0.3 is 5.97 Å². The Morgan fingerprint density at radius 2 is 1.79 bits per heavy atom. The third kappa shape index (κ3) is 2.74. The smallest absolute Gasteiger partial charge is 0.340 e. The Kier molecular flexibility index (Phi) is 3.48. The van der Waals surface area contributed by atoms with E-state index in [1.807, 2.05) is 0 Å². The molecule has 0 aliphatic carbocycles. The predicted molar refractivity (Wildman–Crippen MR) is 56.0 cm³/mol. The zero-order valence-corrected chi connectivity index (χ0v) is 8.07. The number of rotatable bonds is 3. The average molecular weight is 208 g/mol. The number of hydrogen-bond donors (Lipinski definition) is 2. The van der Waals surface area contributed by atoms with Crippen molar-refractivity contribution in [3.05, 3.63) is 41.5 Å². The molecule has 0 amide bonds. The number of thiol groups is 1. The molecular weight excluding hydrogens is 200 g/mol. The van der Waals surface area contributed by atoms with Gasteiger partial charge in [-0.05, 0) is 11.6 Å². The number of aliphatic carboxylic acids is 1. The number of carboxylic acid groups (broad SMARTS) is 1. The maximum absolute atomic E-state index is 10.8. The lowest BCUT2D eigenvalue weighted by Crippen LogP contribution is -2.06. The molecule has 1 aromatic carbocycles. The molecule has 0 saturated carbocycles. The number of carbonyl (C=O) groups excluding carboxylic acids is 1. The lowest BCUT2D eigenvalue weighted by atomic mass is 10.1. The number of hydrogen-bond acceptors (Lipinski definition) is 2. The minimum Gasteiger partial charge on any atom is -0.478 e. The number of carbonyl (C=O) groups is 2. The molecule has 0 aliphatic heterocycles. The molecule has 1 N–H and O–H groups in total. The molecule has 0 fully saturated rings. The minimum atomic E-state index is -1.27. The Balaban J connectivity index is 3.06. The third-order valence-corrected chi connectivity index (χ3v) is 1.81. The van der Waals surface area contributed by atoms with Gasteiger partial charge < -0.3 is 5.11 Å². The van der Waals surface area contributed by atoms with Crippen LogP contribution in [0.15, 0.2) is 35.9 Å². The molecule has 72 valence electrons. The molecule has 1 aromatic rings. The van der Waals surface area contributed by atoms with Crippen molar-refractivity contribution in [1.29, 1.82) is 0 Å². The summed E-state index contributed by atoms with van der Waals surface area (Å²) in [6, 6.07) is 8.74. The highest BCUT2D eigenvalue weighted by Crippen LogP contribution is 2.09. The number of carboxylic acids is 1. The first-order valence-corrected chi connectivity index (χ1v) is 4.29. The zero-order chi connectivity index (χ0) is 10.6. The highest BCUT2D eigenvalue weighted by molar-refractivity contribution is 7.97. The molecule has 0 unspecified atom stereocenters. The lowest BCUT2D eigenvalue weighted by molar-refractivity contribution is -0.133. The van der Waals surface area contributed by atoms with Crippen LogP contribution in [0.5, 0.6) is 0 Å². The average Bonchev–Trinajstić information content (AvgIpc) is 2.15. The summed E-state index contributed by atoms with van der Waals surface area (Å²) in [6.07, 6.45) is 1.29. The fourth-order valence-electron chi connectivity index (χ4n) is 0.931. The molecule has 0 aromatic heterocycles. The molecule has 0 spiro atoms. The van der Waals surface area contributed by atoms with Crippen LogP contribution in [0.2, 0.25) is 0 Å². The van der Waals surface area contributed by atoms with Gasteiger partial charge in [0.1, 0.15) is 5.57 Å². The van der Waals surface area contributed by atoms with E-state index in [1.54, 1.807) is 30.3 Å². The molecule has 1 rings (SSSR count). The molecule has 0 aliphatic rings. The van der Waals surface area contributed by atoms with Crippen LogP contribution in [-0.4, -0.2) is 16.2 Å². The van der Waals surface area contributed by atoms with Crippen LogP contribution in [-0.2, 0) is 9.59 Å². The summed E-state index contributed by atoms with van der Waals surface area (Å²) in [5.74, 6) is -1.27. The van der Waals surface area contributed by atoms with Crippen LogP contribution in [0.25, 0.3) is 6.08 Å². The third-order valence-electron chi connectivity index (χ3n) is 1.57. The number of benzene rings is 1. The molecule has 0 heterocycles. The first-order chi connectivity index (χ1) is 6.61. The molecule has 4 heteroatoms. The van der Waals surface area contributed by atoms with E-state index in [0.29, 0.717) is 5.56 Å². The summed E-state index contributed by atoms with van der Waals surface area (Å²) >= 11 is 3.47. The summed E-state index contributed by atoms with van der Waals surface area (Å²) in [5, 5.41) is 7.92. The minimum absolute atomic E-state index is 0.334. The van der Waals surface area contributed by atoms with Crippen LogP contribution >= 0.6 is 12.6 Å². The molecule has 0 bridgehead atoms. The van der Waals surface area contributed by atoms with Gasteiger partial charge in [-0.3, -0.25) is 4.79 Å². The summed E-state index contributed by atoms with van der Waals surface area (Å²) in [6.45, 7) is 0. The maximum atomic E-state index is 10.8. The summed E-state index contributed by atoms with van der Waals surface area (Å²) in [7, 11) is 0. The highest BCUT2D eigenvalue weighted by atomic mass is 32.1. The van der Waals surface area contributed by atoms with E-state index in [4.69, 9.17) is 5.11 Å². The Morgan fingerprint density at radius 1 is 1.21 bits per heavy atom. The van der Waals surface area contributed by atoms with Gasteiger partial charge in [0.25, 0.3) is 0 Å². The van der Waals surface area contributed by atoms with Crippen LogP contribution in [0.1, 0.15) is 5.56 Å². The second kappa shape index (κ2) is 4.62. The van der Waals surface area contributed by atoms with Crippen LogP contribution in [0.4, 0.5) is 0 Å². The van der Waals surface area contributed by atoms with E-state index >= 15 is 0 Å². The second-order valence-corrected chi connectivity index (χ2v) is 2.99. The Bertz CT molecular complexity index is 366. The Morgan fingerprint density at radius 3 is 2.21 bits per heavy atom. The maximum Gasteiger partial charge on any atom is 0.340 e. The lowest BCUT2D eigenvalue weighted by Gasteiger charge is -1.96. The van der Waals surface area contributed by atoms with E-state index in [9.17, 15) is 9.59 Å². The second-order valence-electron chi connectivity index (χ2n) is 2.58. The van der Waals surface area contributed by atoms with Gasteiger partial charge in [-0.2, -0.15) is 0 Å².